The Kier molecular flexibility index (Phi) is 2.24. The molecule has 0 unspecified atom stereocenters. The summed E-state index contributed by atoms with van der Waals surface area (Å²) in [6.07, 6.45) is 3.42. The highest BCUT2D eigenvalue weighted by atomic mass is 16.1. The van der Waals surface area contributed by atoms with Gasteiger partial charge in [-0.25, -0.2) is 0 Å². The van der Waals surface area contributed by atoms with Crippen LogP contribution in [-0.2, 0) is 4.79 Å². The van der Waals surface area contributed by atoms with Gasteiger partial charge in [0.15, 0.2) is 11.7 Å². The molecule has 54 valence electrons. The van der Waals surface area contributed by atoms with Gasteiger partial charge in [-0.05, 0) is 5.92 Å². The first-order valence-corrected chi connectivity index (χ1v) is 2.97. The van der Waals surface area contributed by atoms with E-state index in [4.69, 9.17) is 0 Å². The lowest BCUT2D eigenvalue weighted by molar-refractivity contribution is -0.103. The van der Waals surface area contributed by atoms with E-state index in [0.717, 1.165) is 0 Å². The summed E-state index contributed by atoms with van der Waals surface area (Å²) < 4.78 is 0. The molecule has 1 heterocycles. The quantitative estimate of drug-likeness (QED) is 0.412. The third-order valence-corrected chi connectivity index (χ3v) is 1.09. The van der Waals surface area contributed by atoms with E-state index in [9.17, 15) is 9.59 Å². The number of rotatable bonds is 0. The van der Waals surface area contributed by atoms with Gasteiger partial charge >= 0.3 is 0 Å². The zero-order valence-corrected chi connectivity index (χ0v) is 5.63. The standard InChI is InChI=1S/C8H5NO2/c10-5-1-2-7-6-9-4-3-8(7)11/h3-6H,(H,9,11). The van der Waals surface area contributed by atoms with Gasteiger partial charge in [-0.15, -0.1) is 0 Å². The Balaban J connectivity index is 3.14. The van der Waals surface area contributed by atoms with Gasteiger partial charge in [-0.3, -0.25) is 9.59 Å². The largest absolute Gasteiger partial charge is 0.366 e. The molecule has 1 N–H and O–H groups in total. The smallest absolute Gasteiger partial charge is 0.197 e. The number of aromatic amines is 1. The maximum absolute atomic E-state index is 10.9. The first-order valence-electron chi connectivity index (χ1n) is 2.97. The van der Waals surface area contributed by atoms with Crippen LogP contribution >= 0.6 is 0 Å². The third-order valence-electron chi connectivity index (χ3n) is 1.09. The van der Waals surface area contributed by atoms with Crippen LogP contribution in [0, 0.1) is 11.8 Å². The first kappa shape index (κ1) is 7.29. The molecule has 0 aliphatic rings. The van der Waals surface area contributed by atoms with Crippen molar-refractivity contribution >= 4 is 6.29 Å². The molecular formula is C8H5NO2. The number of hydrogen-bond donors (Lipinski definition) is 1. The first-order chi connectivity index (χ1) is 5.34. The van der Waals surface area contributed by atoms with Crippen molar-refractivity contribution in [3.63, 3.8) is 0 Å². The second kappa shape index (κ2) is 3.37. The van der Waals surface area contributed by atoms with Crippen molar-refractivity contribution in [2.24, 2.45) is 0 Å². The van der Waals surface area contributed by atoms with Gasteiger partial charge in [0.1, 0.15) is 0 Å². The molecule has 0 aliphatic heterocycles. The molecule has 0 saturated carbocycles. The minimum absolute atomic E-state index is 0.182. The molecule has 1 aromatic rings. The van der Waals surface area contributed by atoms with Gasteiger partial charge in [0.2, 0.25) is 0 Å². The van der Waals surface area contributed by atoms with Gasteiger partial charge < -0.3 is 4.98 Å². The topological polar surface area (TPSA) is 49.9 Å². The summed E-state index contributed by atoms with van der Waals surface area (Å²) in [6, 6.07) is 1.36. The molecule has 0 bridgehead atoms. The Bertz CT molecular complexity index is 367. The van der Waals surface area contributed by atoms with Crippen LogP contribution < -0.4 is 5.43 Å². The van der Waals surface area contributed by atoms with Crippen molar-refractivity contribution in [2.45, 2.75) is 0 Å². The van der Waals surface area contributed by atoms with Crippen molar-refractivity contribution in [3.8, 4) is 11.8 Å². The van der Waals surface area contributed by atoms with Gasteiger partial charge in [-0.2, -0.15) is 0 Å². The summed E-state index contributed by atoms with van der Waals surface area (Å²) in [7, 11) is 0. The van der Waals surface area contributed by atoms with Crippen molar-refractivity contribution in [3.05, 3.63) is 34.2 Å². The molecule has 3 nitrogen and oxygen atoms in total. The molecule has 0 aromatic carbocycles. The lowest BCUT2D eigenvalue weighted by Crippen LogP contribution is -2.02. The van der Waals surface area contributed by atoms with Crippen LogP contribution in [-0.4, -0.2) is 11.3 Å². The van der Waals surface area contributed by atoms with E-state index in [-0.39, 0.29) is 5.43 Å². The number of nitrogens with one attached hydrogen (secondary N) is 1. The van der Waals surface area contributed by atoms with Crippen molar-refractivity contribution in [1.82, 2.24) is 4.98 Å². The van der Waals surface area contributed by atoms with Gasteiger partial charge in [0.25, 0.3) is 0 Å². The highest BCUT2D eigenvalue weighted by molar-refractivity contribution is 5.73. The summed E-state index contributed by atoms with van der Waals surface area (Å²) in [6.45, 7) is 0. The molecule has 0 saturated heterocycles. The number of carbonyl (C=O) groups excluding carboxylic acids is 1. The summed E-state index contributed by atoms with van der Waals surface area (Å²) >= 11 is 0. The molecule has 0 spiro atoms. The van der Waals surface area contributed by atoms with Crippen LogP contribution in [0.3, 0.4) is 0 Å². The molecule has 1 rings (SSSR count). The summed E-state index contributed by atoms with van der Waals surface area (Å²) in [4.78, 5) is 23.4. The molecule has 0 fully saturated rings. The fourth-order valence-corrected chi connectivity index (χ4v) is 0.621. The molecule has 3 heteroatoms. The minimum Gasteiger partial charge on any atom is -0.366 e. The van der Waals surface area contributed by atoms with E-state index in [1.54, 1.807) is 0 Å². The zero-order valence-electron chi connectivity index (χ0n) is 5.63. The maximum atomic E-state index is 10.9. The molecule has 0 radical (unpaired) electrons. The number of aldehydes is 1. The molecular weight excluding hydrogens is 142 g/mol. The Hall–Kier alpha value is -1.82. The van der Waals surface area contributed by atoms with Gasteiger partial charge in [0, 0.05) is 18.5 Å². The van der Waals surface area contributed by atoms with Crippen LogP contribution in [0.5, 0.6) is 0 Å². The molecule has 0 atom stereocenters. The highest BCUT2D eigenvalue weighted by Crippen LogP contribution is 1.81. The maximum Gasteiger partial charge on any atom is 0.197 e. The summed E-state index contributed by atoms with van der Waals surface area (Å²) in [5.74, 6) is 4.56. The van der Waals surface area contributed by atoms with E-state index >= 15 is 0 Å². The van der Waals surface area contributed by atoms with Crippen LogP contribution in [0.15, 0.2) is 23.3 Å². The van der Waals surface area contributed by atoms with E-state index < -0.39 is 0 Å². The molecule has 1 aromatic heterocycles. The van der Waals surface area contributed by atoms with Gasteiger partial charge in [0.05, 0.1) is 5.56 Å². The average molecular weight is 147 g/mol. The SMILES string of the molecule is O=CC#Cc1c[nH]ccc1=O. The Morgan fingerprint density at radius 3 is 3.00 bits per heavy atom. The second-order valence-corrected chi connectivity index (χ2v) is 1.81. The lowest BCUT2D eigenvalue weighted by atomic mass is 10.3. The number of pyridine rings is 1. The fourth-order valence-electron chi connectivity index (χ4n) is 0.621. The number of hydrogen-bond acceptors (Lipinski definition) is 2. The monoisotopic (exact) mass is 147 g/mol. The molecule has 0 amide bonds. The Labute approximate surface area is 63.1 Å². The van der Waals surface area contributed by atoms with Crippen LogP contribution in [0.25, 0.3) is 0 Å². The van der Waals surface area contributed by atoms with E-state index in [2.05, 4.69) is 16.8 Å². The zero-order chi connectivity index (χ0) is 8.10. The van der Waals surface area contributed by atoms with Crippen LogP contribution in [0.2, 0.25) is 0 Å². The highest BCUT2D eigenvalue weighted by Gasteiger charge is 1.89. The van der Waals surface area contributed by atoms with Gasteiger partial charge in [-0.1, -0.05) is 5.92 Å². The van der Waals surface area contributed by atoms with Crippen LogP contribution in [0.1, 0.15) is 5.56 Å². The second-order valence-electron chi connectivity index (χ2n) is 1.81. The predicted molar refractivity (Wildman–Crippen MR) is 40.0 cm³/mol. The third kappa shape index (κ3) is 1.80. The van der Waals surface area contributed by atoms with E-state index in [1.165, 1.54) is 18.5 Å². The average Bonchev–Trinajstić information content (AvgIpc) is 2.03. The Morgan fingerprint density at radius 2 is 2.36 bits per heavy atom. The Morgan fingerprint density at radius 1 is 1.55 bits per heavy atom. The van der Waals surface area contributed by atoms with Crippen molar-refractivity contribution < 1.29 is 4.79 Å². The summed E-state index contributed by atoms with van der Waals surface area (Å²) in [5.41, 5.74) is 0.123. The fraction of sp³-hybridized carbons (Fsp3) is 0. The van der Waals surface area contributed by atoms with Crippen molar-refractivity contribution in [2.75, 3.05) is 0 Å². The normalized spacial score (nSPS) is 8.00. The van der Waals surface area contributed by atoms with E-state index in [0.29, 0.717) is 11.8 Å². The molecule has 0 aliphatic carbocycles. The number of aromatic nitrogens is 1. The lowest BCUT2D eigenvalue weighted by Gasteiger charge is -1.84. The summed E-state index contributed by atoms with van der Waals surface area (Å²) in [5, 5.41) is 0. The number of H-pyrrole nitrogens is 1. The van der Waals surface area contributed by atoms with E-state index in [1.807, 2.05) is 0 Å². The molecule has 11 heavy (non-hydrogen) atoms. The number of carbonyl (C=O) groups is 1. The predicted octanol–water partition coefficient (Wildman–Crippen LogP) is -0.0747. The van der Waals surface area contributed by atoms with Crippen LogP contribution in [0.4, 0.5) is 0 Å². The minimum atomic E-state index is -0.182. The van der Waals surface area contributed by atoms with Crippen molar-refractivity contribution in [1.29, 1.82) is 0 Å².